The Balaban J connectivity index is 2.20. The van der Waals surface area contributed by atoms with Crippen LogP contribution in [0.5, 0.6) is 0 Å². The monoisotopic (exact) mass is 301 g/mol. The minimum absolute atomic E-state index is 0.263. The summed E-state index contributed by atoms with van der Waals surface area (Å²) in [4.78, 5) is 23.4. The zero-order valence-electron chi connectivity index (χ0n) is 13.0. The van der Waals surface area contributed by atoms with Crippen LogP contribution in [0.15, 0.2) is 36.4 Å². The van der Waals surface area contributed by atoms with Gasteiger partial charge in [0.05, 0.1) is 12.2 Å². The van der Waals surface area contributed by atoms with Crippen molar-refractivity contribution >= 4 is 11.9 Å². The van der Waals surface area contributed by atoms with Crippen molar-refractivity contribution in [3.63, 3.8) is 0 Å². The van der Waals surface area contributed by atoms with Gasteiger partial charge >= 0.3 is 11.9 Å². The number of ether oxygens (including phenoxy) is 2. The van der Waals surface area contributed by atoms with Gasteiger partial charge in [0, 0.05) is 17.1 Å². The van der Waals surface area contributed by atoms with E-state index in [1.165, 1.54) is 0 Å². The average Bonchev–Trinajstić information content (AvgIpc) is 2.81. The maximum absolute atomic E-state index is 12.1. The highest BCUT2D eigenvalue weighted by atomic mass is 16.6. The van der Waals surface area contributed by atoms with Gasteiger partial charge in [-0.25, -0.2) is 9.59 Å². The van der Waals surface area contributed by atoms with E-state index in [0.29, 0.717) is 5.56 Å². The van der Waals surface area contributed by atoms with E-state index in [1.54, 1.807) is 13.0 Å². The van der Waals surface area contributed by atoms with Crippen molar-refractivity contribution in [2.75, 3.05) is 13.2 Å². The molecule has 5 heteroatoms. The number of hydrogen-bond donors (Lipinski definition) is 0. The molecule has 0 bridgehead atoms. The molecular formula is C17H19NO4. The fraction of sp³-hybridized carbons (Fsp3) is 0.294. The number of para-hydroxylation sites is 1. The van der Waals surface area contributed by atoms with Crippen LogP contribution in [0.3, 0.4) is 0 Å². The van der Waals surface area contributed by atoms with Crippen molar-refractivity contribution < 1.29 is 19.1 Å². The maximum Gasteiger partial charge on any atom is 0.344 e. The molecule has 2 aromatic rings. The molecule has 1 aromatic carbocycles. The molecule has 0 saturated carbocycles. The number of aromatic nitrogens is 1. The third kappa shape index (κ3) is 3.36. The van der Waals surface area contributed by atoms with E-state index >= 15 is 0 Å². The first-order valence-electron chi connectivity index (χ1n) is 7.11. The van der Waals surface area contributed by atoms with E-state index in [0.717, 1.165) is 17.1 Å². The number of aryl methyl sites for hydroxylation is 1. The van der Waals surface area contributed by atoms with Gasteiger partial charge in [-0.2, -0.15) is 0 Å². The van der Waals surface area contributed by atoms with E-state index in [-0.39, 0.29) is 13.2 Å². The summed E-state index contributed by atoms with van der Waals surface area (Å²) in [6, 6.07) is 11.5. The van der Waals surface area contributed by atoms with Gasteiger partial charge in [-0.15, -0.1) is 0 Å². The minimum Gasteiger partial charge on any atom is -0.463 e. The molecule has 1 aromatic heterocycles. The third-order valence-electron chi connectivity index (χ3n) is 3.29. The second-order valence-corrected chi connectivity index (χ2v) is 4.84. The molecule has 116 valence electrons. The topological polar surface area (TPSA) is 57.5 Å². The molecule has 0 atom stereocenters. The second kappa shape index (κ2) is 6.93. The zero-order valence-corrected chi connectivity index (χ0v) is 13.0. The number of carbonyl (C=O) groups is 2. The molecule has 0 N–H and O–H groups in total. The summed E-state index contributed by atoms with van der Waals surface area (Å²) < 4.78 is 11.7. The number of hydrogen-bond acceptors (Lipinski definition) is 4. The number of nitrogens with zero attached hydrogens (tertiary/aromatic N) is 1. The molecular weight excluding hydrogens is 282 g/mol. The lowest BCUT2D eigenvalue weighted by Gasteiger charge is -2.09. The SMILES string of the molecule is CCOC(=O)COC(=O)c1cc(C)n(-c2ccccc2)c1C. The number of rotatable bonds is 5. The highest BCUT2D eigenvalue weighted by molar-refractivity contribution is 5.92. The molecule has 0 amide bonds. The molecule has 22 heavy (non-hydrogen) atoms. The number of benzene rings is 1. The maximum atomic E-state index is 12.1. The van der Waals surface area contributed by atoms with Crippen molar-refractivity contribution in [2.45, 2.75) is 20.8 Å². The Morgan fingerprint density at radius 3 is 2.41 bits per heavy atom. The summed E-state index contributed by atoms with van der Waals surface area (Å²) >= 11 is 0. The van der Waals surface area contributed by atoms with Crippen molar-refractivity contribution in [3.8, 4) is 5.69 Å². The largest absolute Gasteiger partial charge is 0.463 e. The highest BCUT2D eigenvalue weighted by Gasteiger charge is 2.18. The van der Waals surface area contributed by atoms with Crippen LogP contribution in [-0.2, 0) is 14.3 Å². The van der Waals surface area contributed by atoms with Crippen LogP contribution in [0.2, 0.25) is 0 Å². The first-order chi connectivity index (χ1) is 10.5. The van der Waals surface area contributed by atoms with E-state index < -0.39 is 11.9 Å². The third-order valence-corrected chi connectivity index (χ3v) is 3.29. The Morgan fingerprint density at radius 2 is 1.77 bits per heavy atom. The van der Waals surface area contributed by atoms with Gasteiger partial charge < -0.3 is 14.0 Å². The summed E-state index contributed by atoms with van der Waals surface area (Å²) in [5, 5.41) is 0. The van der Waals surface area contributed by atoms with Gasteiger partial charge in [0.25, 0.3) is 0 Å². The Bertz CT molecular complexity index is 673. The highest BCUT2D eigenvalue weighted by Crippen LogP contribution is 2.21. The molecule has 1 heterocycles. The molecule has 2 rings (SSSR count). The molecule has 0 aliphatic heterocycles. The molecule has 0 aliphatic rings. The van der Waals surface area contributed by atoms with Gasteiger partial charge in [-0.3, -0.25) is 0 Å². The summed E-state index contributed by atoms with van der Waals surface area (Å²) in [5.74, 6) is -1.07. The van der Waals surface area contributed by atoms with Crippen LogP contribution in [-0.4, -0.2) is 29.7 Å². The van der Waals surface area contributed by atoms with E-state index in [2.05, 4.69) is 0 Å². The van der Waals surface area contributed by atoms with E-state index in [9.17, 15) is 9.59 Å². The molecule has 5 nitrogen and oxygen atoms in total. The molecule has 0 saturated heterocycles. The van der Waals surface area contributed by atoms with Crippen LogP contribution >= 0.6 is 0 Å². The van der Waals surface area contributed by atoms with Gasteiger partial charge in [0.2, 0.25) is 0 Å². The molecule has 0 fully saturated rings. The van der Waals surface area contributed by atoms with Crippen molar-refractivity contribution in [1.82, 2.24) is 4.57 Å². The van der Waals surface area contributed by atoms with Crippen LogP contribution in [0.1, 0.15) is 28.7 Å². The van der Waals surface area contributed by atoms with Gasteiger partial charge in [0.1, 0.15) is 0 Å². The molecule has 0 radical (unpaired) electrons. The smallest absolute Gasteiger partial charge is 0.344 e. The fourth-order valence-corrected chi connectivity index (χ4v) is 2.35. The molecule has 0 spiro atoms. The van der Waals surface area contributed by atoms with Crippen molar-refractivity contribution in [3.05, 3.63) is 53.3 Å². The average molecular weight is 301 g/mol. The van der Waals surface area contributed by atoms with Crippen molar-refractivity contribution in [2.24, 2.45) is 0 Å². The van der Waals surface area contributed by atoms with Gasteiger partial charge in [-0.05, 0) is 39.0 Å². The minimum atomic E-state index is -0.548. The second-order valence-electron chi connectivity index (χ2n) is 4.84. The van der Waals surface area contributed by atoms with Crippen LogP contribution in [0, 0.1) is 13.8 Å². The Kier molecular flexibility index (Phi) is 4.99. The van der Waals surface area contributed by atoms with Crippen LogP contribution in [0.4, 0.5) is 0 Å². The Morgan fingerprint density at radius 1 is 1.09 bits per heavy atom. The zero-order chi connectivity index (χ0) is 16.1. The standard InChI is InChI=1S/C17H19NO4/c1-4-21-16(19)11-22-17(20)15-10-12(2)18(13(15)3)14-8-6-5-7-9-14/h5-10H,4,11H2,1-3H3. The summed E-state index contributed by atoms with van der Waals surface area (Å²) in [6.45, 7) is 5.36. The Labute approximate surface area is 129 Å². The van der Waals surface area contributed by atoms with E-state index in [4.69, 9.17) is 9.47 Å². The van der Waals surface area contributed by atoms with Crippen molar-refractivity contribution in [1.29, 1.82) is 0 Å². The predicted molar refractivity (Wildman–Crippen MR) is 82.2 cm³/mol. The summed E-state index contributed by atoms with van der Waals surface area (Å²) in [6.07, 6.45) is 0. The molecule has 0 aliphatic carbocycles. The first-order valence-corrected chi connectivity index (χ1v) is 7.11. The summed E-state index contributed by atoms with van der Waals surface area (Å²) in [5.41, 5.74) is 3.12. The van der Waals surface area contributed by atoms with E-state index in [1.807, 2.05) is 48.7 Å². The number of esters is 2. The molecule has 0 unspecified atom stereocenters. The number of carbonyl (C=O) groups excluding carboxylic acids is 2. The lowest BCUT2D eigenvalue weighted by molar-refractivity contribution is -0.146. The lowest BCUT2D eigenvalue weighted by Crippen LogP contribution is -2.16. The fourth-order valence-electron chi connectivity index (χ4n) is 2.35. The Hall–Kier alpha value is -2.56. The van der Waals surface area contributed by atoms with Crippen LogP contribution < -0.4 is 0 Å². The van der Waals surface area contributed by atoms with Gasteiger partial charge in [0.15, 0.2) is 6.61 Å². The van der Waals surface area contributed by atoms with Crippen LogP contribution in [0.25, 0.3) is 5.69 Å². The lowest BCUT2D eigenvalue weighted by atomic mass is 10.2. The quantitative estimate of drug-likeness (QED) is 0.797. The first kappa shape index (κ1) is 15.8. The summed E-state index contributed by atoms with van der Waals surface area (Å²) in [7, 11) is 0. The van der Waals surface area contributed by atoms with Gasteiger partial charge in [-0.1, -0.05) is 18.2 Å². The normalized spacial score (nSPS) is 10.3. The predicted octanol–water partition coefficient (Wildman–Crippen LogP) is 2.81.